The van der Waals surface area contributed by atoms with Crippen LogP contribution >= 0.6 is 23.2 Å². The van der Waals surface area contributed by atoms with Crippen LogP contribution in [0.5, 0.6) is 0 Å². The van der Waals surface area contributed by atoms with E-state index in [1.54, 1.807) is 36.4 Å². The fourth-order valence-corrected chi connectivity index (χ4v) is 2.66. The highest BCUT2D eigenvalue weighted by atomic mass is 35.5. The average Bonchev–Trinajstić information content (AvgIpc) is 2.74. The maximum Gasteiger partial charge on any atom is 0.283 e. The number of benzene rings is 2. The van der Waals surface area contributed by atoms with E-state index in [9.17, 15) is 9.59 Å². The molecule has 2 aromatic rings. The molecule has 2 amide bonds. The van der Waals surface area contributed by atoms with Crippen LogP contribution in [0, 0.1) is 6.92 Å². The minimum Gasteiger partial charge on any atom is -0.350 e. The molecule has 0 fully saturated rings. The Labute approximate surface area is 143 Å². The van der Waals surface area contributed by atoms with Crippen molar-refractivity contribution in [1.82, 2.24) is 0 Å². The van der Waals surface area contributed by atoms with Gasteiger partial charge in [0, 0.05) is 10.7 Å². The van der Waals surface area contributed by atoms with Crippen molar-refractivity contribution in [3.05, 3.63) is 69.8 Å². The molecule has 0 unspecified atom stereocenters. The summed E-state index contributed by atoms with van der Waals surface area (Å²) in [6.07, 6.45) is 0. The van der Waals surface area contributed by atoms with E-state index >= 15 is 0 Å². The van der Waals surface area contributed by atoms with E-state index in [1.807, 2.05) is 19.1 Å². The Bertz CT molecular complexity index is 829. The quantitative estimate of drug-likeness (QED) is 0.851. The van der Waals surface area contributed by atoms with Gasteiger partial charge in [-0.25, -0.2) is 4.90 Å². The Morgan fingerprint density at radius 1 is 0.913 bits per heavy atom. The lowest BCUT2D eigenvalue weighted by molar-refractivity contribution is -0.120. The zero-order valence-corrected chi connectivity index (χ0v) is 13.7. The minimum absolute atomic E-state index is 0.0576. The first-order valence-electron chi connectivity index (χ1n) is 6.86. The molecule has 116 valence electrons. The largest absolute Gasteiger partial charge is 0.350 e. The predicted molar refractivity (Wildman–Crippen MR) is 91.6 cm³/mol. The summed E-state index contributed by atoms with van der Waals surface area (Å²) in [6.45, 7) is 1.83. The van der Waals surface area contributed by atoms with Gasteiger partial charge < -0.3 is 5.32 Å². The third kappa shape index (κ3) is 2.83. The van der Waals surface area contributed by atoms with Gasteiger partial charge in [-0.05, 0) is 42.8 Å². The minimum atomic E-state index is -0.539. The first-order chi connectivity index (χ1) is 11.0. The van der Waals surface area contributed by atoms with E-state index < -0.39 is 11.8 Å². The Kier molecular flexibility index (Phi) is 4.11. The average molecular weight is 347 g/mol. The Hall–Kier alpha value is -2.30. The van der Waals surface area contributed by atoms with Crippen LogP contribution in [-0.2, 0) is 9.59 Å². The summed E-state index contributed by atoms with van der Waals surface area (Å²) < 4.78 is 0. The number of para-hydroxylation sites is 1. The maximum absolute atomic E-state index is 12.6. The third-order valence-corrected chi connectivity index (χ3v) is 4.10. The molecule has 1 aliphatic rings. The van der Waals surface area contributed by atoms with Crippen molar-refractivity contribution in [1.29, 1.82) is 0 Å². The lowest BCUT2D eigenvalue weighted by atomic mass is 10.2. The number of aryl methyl sites for hydroxylation is 1. The van der Waals surface area contributed by atoms with Gasteiger partial charge in [-0.15, -0.1) is 0 Å². The lowest BCUT2D eigenvalue weighted by Crippen LogP contribution is -2.32. The van der Waals surface area contributed by atoms with Crippen molar-refractivity contribution in [2.75, 3.05) is 10.2 Å². The molecule has 23 heavy (non-hydrogen) atoms. The van der Waals surface area contributed by atoms with Gasteiger partial charge in [0.15, 0.2) is 0 Å². The highest BCUT2D eigenvalue weighted by Crippen LogP contribution is 2.31. The summed E-state index contributed by atoms with van der Waals surface area (Å²) in [5.74, 6) is -1.02. The van der Waals surface area contributed by atoms with Crippen LogP contribution < -0.4 is 10.2 Å². The van der Waals surface area contributed by atoms with Gasteiger partial charge in [-0.2, -0.15) is 0 Å². The Balaban J connectivity index is 1.93. The topological polar surface area (TPSA) is 49.4 Å². The van der Waals surface area contributed by atoms with E-state index in [0.717, 1.165) is 10.5 Å². The number of hydrogen-bond donors (Lipinski definition) is 1. The number of halogens is 2. The summed E-state index contributed by atoms with van der Waals surface area (Å²) >= 11 is 11.9. The summed E-state index contributed by atoms with van der Waals surface area (Å²) in [5, 5.41) is 3.34. The fraction of sp³-hybridized carbons (Fsp3) is 0.0588. The number of imide groups is 1. The van der Waals surface area contributed by atoms with Gasteiger partial charge in [0.25, 0.3) is 11.8 Å². The van der Waals surface area contributed by atoms with Crippen LogP contribution in [0.1, 0.15) is 5.56 Å². The number of amides is 2. The van der Waals surface area contributed by atoms with Gasteiger partial charge in [0.2, 0.25) is 0 Å². The number of rotatable bonds is 3. The fourth-order valence-electron chi connectivity index (χ4n) is 2.32. The van der Waals surface area contributed by atoms with E-state index in [1.165, 1.54) is 0 Å². The molecule has 0 atom stereocenters. The molecule has 0 aromatic heterocycles. The molecule has 0 saturated heterocycles. The number of anilines is 2. The van der Waals surface area contributed by atoms with Crippen molar-refractivity contribution >= 4 is 46.4 Å². The van der Waals surface area contributed by atoms with Gasteiger partial charge in [0.1, 0.15) is 10.7 Å². The van der Waals surface area contributed by atoms with E-state index in [0.29, 0.717) is 16.4 Å². The monoisotopic (exact) mass is 346 g/mol. The second-order valence-corrected chi connectivity index (χ2v) is 5.87. The second kappa shape index (κ2) is 6.07. The maximum atomic E-state index is 12.6. The zero-order valence-electron chi connectivity index (χ0n) is 12.1. The smallest absolute Gasteiger partial charge is 0.283 e. The number of nitrogens with zero attached hydrogens (tertiary/aromatic N) is 1. The summed E-state index contributed by atoms with van der Waals surface area (Å²) in [4.78, 5) is 26.1. The number of carbonyl (C=O) groups is 2. The molecule has 6 heteroatoms. The Morgan fingerprint density at radius 3 is 2.22 bits per heavy atom. The predicted octanol–water partition coefficient (Wildman–Crippen LogP) is 4.08. The van der Waals surface area contributed by atoms with E-state index in [2.05, 4.69) is 5.32 Å². The summed E-state index contributed by atoms with van der Waals surface area (Å²) in [7, 11) is 0. The number of hydrogen-bond acceptors (Lipinski definition) is 3. The molecule has 1 aliphatic heterocycles. The van der Waals surface area contributed by atoms with Crippen molar-refractivity contribution < 1.29 is 9.59 Å². The molecular weight excluding hydrogens is 335 g/mol. The molecule has 1 N–H and O–H groups in total. The van der Waals surface area contributed by atoms with Gasteiger partial charge in [-0.1, -0.05) is 41.4 Å². The van der Waals surface area contributed by atoms with Crippen LogP contribution in [0.3, 0.4) is 0 Å². The molecule has 2 aromatic carbocycles. The Morgan fingerprint density at radius 2 is 1.57 bits per heavy atom. The van der Waals surface area contributed by atoms with Gasteiger partial charge >= 0.3 is 0 Å². The molecule has 0 spiro atoms. The molecule has 3 rings (SSSR count). The van der Waals surface area contributed by atoms with Gasteiger partial charge in [0.05, 0.1) is 5.69 Å². The van der Waals surface area contributed by atoms with Crippen molar-refractivity contribution in [2.45, 2.75) is 6.92 Å². The second-order valence-electron chi connectivity index (χ2n) is 5.05. The van der Waals surface area contributed by atoms with Crippen molar-refractivity contribution in [2.24, 2.45) is 0 Å². The summed E-state index contributed by atoms with van der Waals surface area (Å²) in [6, 6.07) is 13.9. The van der Waals surface area contributed by atoms with Crippen molar-refractivity contribution in [3.63, 3.8) is 0 Å². The standard InChI is InChI=1S/C17H12Cl2N2O2/c1-10-4-2-3-5-13(10)21-16(22)14(19)15(17(21)23)20-12-8-6-11(18)7-9-12/h2-9,20H,1H3. The molecule has 0 saturated carbocycles. The molecule has 4 nitrogen and oxygen atoms in total. The van der Waals surface area contributed by atoms with Gasteiger partial charge in [-0.3, -0.25) is 9.59 Å². The molecular formula is C17H12Cl2N2O2. The summed E-state index contributed by atoms with van der Waals surface area (Å²) in [5.41, 5.74) is 2.01. The van der Waals surface area contributed by atoms with Crippen LogP contribution in [0.15, 0.2) is 59.3 Å². The van der Waals surface area contributed by atoms with E-state index in [4.69, 9.17) is 23.2 Å². The van der Waals surface area contributed by atoms with Crippen LogP contribution in [0.4, 0.5) is 11.4 Å². The van der Waals surface area contributed by atoms with Crippen LogP contribution in [-0.4, -0.2) is 11.8 Å². The van der Waals surface area contributed by atoms with E-state index in [-0.39, 0.29) is 10.7 Å². The van der Waals surface area contributed by atoms with Crippen LogP contribution in [0.25, 0.3) is 0 Å². The SMILES string of the molecule is Cc1ccccc1N1C(=O)C(Cl)=C(Nc2ccc(Cl)cc2)C1=O. The zero-order chi connectivity index (χ0) is 16.6. The number of carbonyl (C=O) groups excluding carboxylic acids is 2. The first-order valence-corrected chi connectivity index (χ1v) is 7.61. The highest BCUT2D eigenvalue weighted by molar-refractivity contribution is 6.53. The molecule has 0 aliphatic carbocycles. The number of nitrogens with one attached hydrogen (secondary N) is 1. The molecule has 1 heterocycles. The van der Waals surface area contributed by atoms with Crippen molar-refractivity contribution in [3.8, 4) is 0 Å². The lowest BCUT2D eigenvalue weighted by Gasteiger charge is -2.17. The van der Waals surface area contributed by atoms with Crippen LogP contribution in [0.2, 0.25) is 5.02 Å². The normalized spacial score (nSPS) is 14.7. The molecule has 0 bridgehead atoms. The highest BCUT2D eigenvalue weighted by Gasteiger charge is 2.39. The molecule has 0 radical (unpaired) electrons. The first kappa shape index (κ1) is 15.6. The third-order valence-electron chi connectivity index (χ3n) is 3.50.